The van der Waals surface area contributed by atoms with E-state index in [-0.39, 0.29) is 18.1 Å². The number of halogens is 1. The van der Waals surface area contributed by atoms with Crippen molar-refractivity contribution in [1.29, 1.82) is 0 Å². The minimum absolute atomic E-state index is 0.0812. The summed E-state index contributed by atoms with van der Waals surface area (Å²) in [5.41, 5.74) is 0.0812. The molecule has 7 heteroatoms. The number of hydrogen-bond donors (Lipinski definition) is 0. The molecular weight excluding hydrogens is 320 g/mol. The number of hydrogen-bond acceptors (Lipinski definition) is 6. The van der Waals surface area contributed by atoms with Gasteiger partial charge in [0, 0.05) is 12.4 Å². The van der Waals surface area contributed by atoms with Gasteiger partial charge in [0.2, 0.25) is 5.78 Å². The summed E-state index contributed by atoms with van der Waals surface area (Å²) in [7, 11) is 0. The van der Waals surface area contributed by atoms with E-state index in [2.05, 4.69) is 25.9 Å². The van der Waals surface area contributed by atoms with Crippen LogP contribution in [-0.2, 0) is 4.74 Å². The molecule has 0 amide bonds. The molecule has 2 rings (SSSR count). The third-order valence-corrected chi connectivity index (χ3v) is 3.62. The molecule has 0 unspecified atom stereocenters. The van der Waals surface area contributed by atoms with Crippen LogP contribution < -0.4 is 0 Å². The number of carbonyl (C=O) groups excluding carboxylic acids is 2. The number of nitrogens with zero attached hydrogens (tertiary/aromatic N) is 2. The lowest BCUT2D eigenvalue weighted by Crippen LogP contribution is -2.14. The van der Waals surface area contributed by atoms with E-state index in [4.69, 9.17) is 4.74 Å². The van der Waals surface area contributed by atoms with Gasteiger partial charge in [-0.3, -0.25) is 9.78 Å². The van der Waals surface area contributed by atoms with Gasteiger partial charge in [0.25, 0.3) is 0 Å². The number of ether oxygens (including phenoxy) is 1. The normalized spacial score (nSPS) is 10.1. The Morgan fingerprint density at radius 2 is 2.17 bits per heavy atom. The molecule has 0 atom stereocenters. The summed E-state index contributed by atoms with van der Waals surface area (Å²) in [6, 6.07) is 3.44. The van der Waals surface area contributed by atoms with E-state index < -0.39 is 5.97 Å². The van der Waals surface area contributed by atoms with Gasteiger partial charge in [0.05, 0.1) is 14.9 Å². The average molecular weight is 327 g/mol. The number of rotatable bonds is 4. The van der Waals surface area contributed by atoms with Crippen molar-refractivity contribution in [3.63, 3.8) is 0 Å². The second kappa shape index (κ2) is 5.83. The summed E-state index contributed by atoms with van der Waals surface area (Å²) in [6.45, 7) is -0.303. The number of Topliss-reactive ketones (excluding diaryl/α,β-unsaturated/α-hetero) is 1. The Hall–Kier alpha value is -1.60. The number of esters is 1. The van der Waals surface area contributed by atoms with Crippen LogP contribution in [0.25, 0.3) is 0 Å². The van der Waals surface area contributed by atoms with E-state index in [0.29, 0.717) is 4.88 Å². The molecular formula is C11H7BrN2O3S. The predicted octanol–water partition coefficient (Wildman–Crippen LogP) is 2.34. The maximum absolute atomic E-state index is 11.7. The largest absolute Gasteiger partial charge is 0.452 e. The second-order valence-corrected chi connectivity index (χ2v) is 5.66. The van der Waals surface area contributed by atoms with Crippen LogP contribution in [0.1, 0.15) is 20.2 Å². The lowest BCUT2D eigenvalue weighted by atomic mass is 10.3. The molecule has 0 aliphatic carbocycles. The summed E-state index contributed by atoms with van der Waals surface area (Å²) in [6.07, 6.45) is 4.12. The minimum atomic E-state index is -0.660. The first-order valence-corrected chi connectivity index (χ1v) is 6.49. The highest BCUT2D eigenvalue weighted by molar-refractivity contribution is 9.11. The summed E-state index contributed by atoms with van der Waals surface area (Å²) in [5, 5.41) is 0. The van der Waals surface area contributed by atoms with Gasteiger partial charge in [0.15, 0.2) is 12.3 Å². The third kappa shape index (κ3) is 3.21. The van der Waals surface area contributed by atoms with Gasteiger partial charge in [-0.05, 0) is 28.1 Å². The van der Waals surface area contributed by atoms with Crippen LogP contribution in [0.4, 0.5) is 0 Å². The van der Waals surface area contributed by atoms with Crippen molar-refractivity contribution in [1.82, 2.24) is 9.97 Å². The first-order valence-electron chi connectivity index (χ1n) is 4.88. The van der Waals surface area contributed by atoms with Gasteiger partial charge in [-0.25, -0.2) is 9.78 Å². The van der Waals surface area contributed by atoms with E-state index in [1.807, 2.05) is 0 Å². The van der Waals surface area contributed by atoms with Gasteiger partial charge < -0.3 is 4.74 Å². The van der Waals surface area contributed by atoms with Crippen molar-refractivity contribution in [3.05, 3.63) is 45.1 Å². The predicted molar refractivity (Wildman–Crippen MR) is 68.7 cm³/mol. The first kappa shape index (κ1) is 12.8. The zero-order valence-electron chi connectivity index (χ0n) is 9.00. The van der Waals surface area contributed by atoms with Crippen LogP contribution in [0.2, 0.25) is 0 Å². The topological polar surface area (TPSA) is 69.2 Å². The molecule has 0 aliphatic rings. The Bertz CT molecular complexity index is 571. The average Bonchev–Trinajstić information content (AvgIpc) is 2.83. The summed E-state index contributed by atoms with van der Waals surface area (Å²) in [4.78, 5) is 31.2. The Morgan fingerprint density at radius 1 is 1.33 bits per heavy atom. The molecule has 0 saturated heterocycles. The van der Waals surface area contributed by atoms with Gasteiger partial charge in [-0.2, -0.15) is 0 Å². The molecule has 92 valence electrons. The molecule has 2 aromatic heterocycles. The summed E-state index contributed by atoms with van der Waals surface area (Å²) < 4.78 is 5.71. The SMILES string of the molecule is O=C(OCC(=O)c1ccc(Br)s1)c1cnccn1. The van der Waals surface area contributed by atoms with E-state index >= 15 is 0 Å². The molecule has 0 spiro atoms. The maximum atomic E-state index is 11.7. The monoisotopic (exact) mass is 326 g/mol. The van der Waals surface area contributed by atoms with Crippen LogP contribution in [-0.4, -0.2) is 28.3 Å². The van der Waals surface area contributed by atoms with Crippen molar-refractivity contribution in [2.24, 2.45) is 0 Å². The molecule has 0 aliphatic heterocycles. The van der Waals surface area contributed by atoms with Crippen LogP contribution in [0, 0.1) is 0 Å². The molecule has 0 saturated carbocycles. The highest BCUT2D eigenvalue weighted by Gasteiger charge is 2.14. The molecule has 0 radical (unpaired) electrons. The fourth-order valence-corrected chi connectivity index (χ4v) is 2.46. The van der Waals surface area contributed by atoms with Gasteiger partial charge in [0.1, 0.15) is 0 Å². The maximum Gasteiger partial charge on any atom is 0.358 e. The van der Waals surface area contributed by atoms with Gasteiger partial charge >= 0.3 is 5.97 Å². The number of carbonyl (C=O) groups is 2. The van der Waals surface area contributed by atoms with Crippen molar-refractivity contribution in [3.8, 4) is 0 Å². The summed E-state index contributed by atoms with van der Waals surface area (Å²) in [5.74, 6) is -0.907. The quantitative estimate of drug-likeness (QED) is 0.637. The van der Waals surface area contributed by atoms with Crippen LogP contribution >= 0.6 is 27.3 Å². The minimum Gasteiger partial charge on any atom is -0.452 e. The fourth-order valence-electron chi connectivity index (χ4n) is 1.14. The molecule has 0 fully saturated rings. The molecule has 5 nitrogen and oxygen atoms in total. The third-order valence-electron chi connectivity index (χ3n) is 1.95. The Labute approximate surface area is 115 Å². The Balaban J connectivity index is 1.92. The van der Waals surface area contributed by atoms with Crippen LogP contribution in [0.15, 0.2) is 34.5 Å². The smallest absolute Gasteiger partial charge is 0.358 e. The number of aromatic nitrogens is 2. The molecule has 0 bridgehead atoms. The first-order chi connectivity index (χ1) is 8.66. The van der Waals surface area contributed by atoms with E-state index in [9.17, 15) is 9.59 Å². The standard InChI is InChI=1S/C11H7BrN2O3S/c12-10-2-1-9(18-10)8(15)6-17-11(16)7-5-13-3-4-14-7/h1-5H,6H2. The highest BCUT2D eigenvalue weighted by atomic mass is 79.9. The number of ketones is 1. The van der Waals surface area contributed by atoms with Crippen LogP contribution in [0.3, 0.4) is 0 Å². The molecule has 2 heterocycles. The Morgan fingerprint density at radius 3 is 2.78 bits per heavy atom. The second-order valence-electron chi connectivity index (χ2n) is 3.19. The van der Waals surface area contributed by atoms with E-state index in [1.165, 1.54) is 29.9 Å². The Kier molecular flexibility index (Phi) is 4.16. The zero-order valence-corrected chi connectivity index (χ0v) is 11.4. The molecule has 18 heavy (non-hydrogen) atoms. The fraction of sp³-hybridized carbons (Fsp3) is 0.0909. The summed E-state index contributed by atoms with van der Waals surface area (Å²) >= 11 is 4.55. The van der Waals surface area contributed by atoms with Crippen molar-refractivity contribution < 1.29 is 14.3 Å². The van der Waals surface area contributed by atoms with Crippen LogP contribution in [0.5, 0.6) is 0 Å². The highest BCUT2D eigenvalue weighted by Crippen LogP contribution is 2.22. The number of thiophene rings is 1. The van der Waals surface area contributed by atoms with Gasteiger partial charge in [-0.15, -0.1) is 11.3 Å². The molecule has 0 aromatic carbocycles. The lowest BCUT2D eigenvalue weighted by molar-refractivity contribution is 0.0469. The van der Waals surface area contributed by atoms with Gasteiger partial charge in [-0.1, -0.05) is 0 Å². The molecule has 0 N–H and O–H groups in total. The van der Waals surface area contributed by atoms with E-state index in [0.717, 1.165) is 3.79 Å². The van der Waals surface area contributed by atoms with E-state index in [1.54, 1.807) is 12.1 Å². The van der Waals surface area contributed by atoms with Crippen molar-refractivity contribution >= 4 is 39.0 Å². The molecule has 2 aromatic rings. The lowest BCUT2D eigenvalue weighted by Gasteiger charge is -2.01. The van der Waals surface area contributed by atoms with Crippen molar-refractivity contribution in [2.75, 3.05) is 6.61 Å². The zero-order chi connectivity index (χ0) is 13.0. The van der Waals surface area contributed by atoms with Crippen molar-refractivity contribution in [2.45, 2.75) is 0 Å².